The summed E-state index contributed by atoms with van der Waals surface area (Å²) in [6.45, 7) is 7.15. The van der Waals surface area contributed by atoms with Crippen molar-refractivity contribution in [2.24, 2.45) is 16.7 Å². The smallest absolute Gasteiger partial charge is 0.455 e. The summed E-state index contributed by atoms with van der Waals surface area (Å²) in [6, 6.07) is 30.0. The Morgan fingerprint density at radius 2 is 1.22 bits per heavy atom. The van der Waals surface area contributed by atoms with Crippen LogP contribution >= 0.6 is 0 Å². The van der Waals surface area contributed by atoms with Gasteiger partial charge in [0.1, 0.15) is 47.6 Å². The van der Waals surface area contributed by atoms with Gasteiger partial charge >= 0.3 is 36.2 Å². The topological polar surface area (TPSA) is 338 Å². The number of fused-ring (bicyclic) bond motifs is 5. The second-order valence-electron chi connectivity index (χ2n) is 21.7. The molecule has 3 aliphatic carbocycles. The molecule has 448 valence electrons. The first-order valence-electron chi connectivity index (χ1n) is 26.9. The van der Waals surface area contributed by atoms with Crippen LogP contribution in [0.3, 0.4) is 0 Å². The number of esters is 4. The van der Waals surface area contributed by atoms with Gasteiger partial charge in [-0.3, -0.25) is 39.4 Å². The third-order valence-corrected chi connectivity index (χ3v) is 16.4. The van der Waals surface area contributed by atoms with Crippen LogP contribution in [0, 0.1) is 37.0 Å². The number of hydrogen-bond donors (Lipinski definition) is 2. The van der Waals surface area contributed by atoms with Gasteiger partial charge in [-0.2, -0.15) is 0 Å². The molecule has 11 atom stereocenters. The van der Waals surface area contributed by atoms with Crippen LogP contribution in [0.2, 0.25) is 0 Å². The predicted octanol–water partition coefficient (Wildman–Crippen LogP) is 8.00. The molecule has 2 N–H and O–H groups in total. The van der Waals surface area contributed by atoms with Gasteiger partial charge in [-0.05, 0) is 79.1 Å². The van der Waals surface area contributed by atoms with Crippen molar-refractivity contribution in [2.45, 2.75) is 108 Å². The minimum absolute atomic E-state index is 0.0370. The highest BCUT2D eigenvalue weighted by molar-refractivity contribution is 5.97. The van der Waals surface area contributed by atoms with Crippen molar-refractivity contribution in [2.75, 3.05) is 6.61 Å². The number of carbonyl (C=O) groups excluding carboxylic acids is 8. The molecule has 1 heterocycles. The number of aliphatic hydroxyl groups is 1. The SMILES string of the molecule is CC(=O)O[C@H]1C(=O)[C@]2(C)[C@@H](OC(=O)Oc3ccc([N+](=O)[O-])cc3)C[C@H]3OC[C@@]3(OC(C)=O)[C@H]2[C@H](OC(=O)c2ccccc2)[C@]2(O)CC(OC(=O)[C@H](OC(=O)Oc3ccc([N+](=O)[O-])cc3)[C@@H](NC(=O)c3ccccc3)c3ccccc3)C(C)=C1C2(C)C. The van der Waals surface area contributed by atoms with Crippen LogP contribution in [0.4, 0.5) is 21.0 Å². The second-order valence-corrected chi connectivity index (χ2v) is 21.7. The van der Waals surface area contributed by atoms with Crippen molar-refractivity contribution in [3.05, 3.63) is 188 Å². The first-order chi connectivity index (χ1) is 40.8. The van der Waals surface area contributed by atoms with Crippen molar-refractivity contribution in [1.29, 1.82) is 0 Å². The van der Waals surface area contributed by atoms with Crippen LogP contribution in [0.1, 0.15) is 86.7 Å². The fourth-order valence-corrected chi connectivity index (χ4v) is 12.2. The van der Waals surface area contributed by atoms with Gasteiger partial charge in [-0.15, -0.1) is 0 Å². The molecule has 2 saturated carbocycles. The van der Waals surface area contributed by atoms with E-state index in [0.717, 1.165) is 62.4 Å². The average molecular weight is 1180 g/mol. The molecule has 2 bridgehead atoms. The number of nitrogens with one attached hydrogen (secondary N) is 1. The van der Waals surface area contributed by atoms with E-state index in [1.165, 1.54) is 76.2 Å². The van der Waals surface area contributed by atoms with Gasteiger partial charge in [-0.1, -0.05) is 80.6 Å². The van der Waals surface area contributed by atoms with Gasteiger partial charge in [0.05, 0.1) is 33.3 Å². The Morgan fingerprint density at radius 1 is 0.686 bits per heavy atom. The number of nitrogens with zero attached hydrogens (tertiary/aromatic N) is 2. The molecule has 9 rings (SSSR count). The van der Waals surface area contributed by atoms with Crippen LogP contribution in [-0.2, 0) is 52.3 Å². The molecule has 1 saturated heterocycles. The quantitative estimate of drug-likeness (QED) is 0.0236. The number of amides is 1. The van der Waals surface area contributed by atoms with Crippen molar-refractivity contribution >= 4 is 59.3 Å². The lowest BCUT2D eigenvalue weighted by molar-refractivity contribution is -0.385. The minimum atomic E-state index is -2.69. The molecule has 3 fully saturated rings. The summed E-state index contributed by atoms with van der Waals surface area (Å²) in [7, 11) is 0. The van der Waals surface area contributed by atoms with Gasteiger partial charge < -0.3 is 53.1 Å². The molecule has 1 amide bonds. The molecule has 1 unspecified atom stereocenters. The molecule has 25 heteroatoms. The molecule has 4 aliphatic rings. The summed E-state index contributed by atoms with van der Waals surface area (Å²) in [4.78, 5) is 137. The Balaban J connectivity index is 1.21. The normalized spacial score (nSPS) is 25.8. The zero-order valence-corrected chi connectivity index (χ0v) is 46.9. The maximum atomic E-state index is 16.4. The van der Waals surface area contributed by atoms with Gasteiger partial charge in [0.15, 0.2) is 17.5 Å². The Hall–Kier alpha value is -9.88. The highest BCUT2D eigenvalue weighted by atomic mass is 16.7. The van der Waals surface area contributed by atoms with Gasteiger partial charge in [0.2, 0.25) is 6.10 Å². The molecule has 0 radical (unpaired) electrons. The number of carbonyl (C=O) groups is 8. The Kier molecular flexibility index (Phi) is 16.9. The number of nitro benzene ring substituents is 2. The molecule has 1 aliphatic heterocycles. The Morgan fingerprint density at radius 3 is 1.73 bits per heavy atom. The molecule has 0 spiro atoms. The number of ether oxygens (including phenoxy) is 9. The summed E-state index contributed by atoms with van der Waals surface area (Å²) < 4.78 is 54.0. The number of hydrogen-bond acceptors (Lipinski definition) is 22. The summed E-state index contributed by atoms with van der Waals surface area (Å²) >= 11 is 0. The van der Waals surface area contributed by atoms with Crippen LogP contribution < -0.4 is 14.8 Å². The van der Waals surface area contributed by atoms with Gasteiger partial charge in [0, 0.05) is 61.9 Å². The maximum absolute atomic E-state index is 16.4. The second kappa shape index (κ2) is 24.0. The molecule has 5 aromatic rings. The summed E-state index contributed by atoms with van der Waals surface area (Å²) in [5.41, 5.74) is -9.77. The molecular weight excluding hydrogens is 1130 g/mol. The van der Waals surface area contributed by atoms with Crippen molar-refractivity contribution < 1.29 is 95.9 Å². The monoisotopic (exact) mass is 1180 g/mol. The number of ketones is 1. The van der Waals surface area contributed by atoms with Crippen molar-refractivity contribution in [3.8, 4) is 11.5 Å². The maximum Gasteiger partial charge on any atom is 0.514 e. The predicted molar refractivity (Wildman–Crippen MR) is 294 cm³/mol. The summed E-state index contributed by atoms with van der Waals surface area (Å²) in [6.07, 6.45) is -15.5. The standard InChI is InChI=1S/C61H57N3O22/c1-33-43(82-55(70)49(84-57(72)81-42-28-24-40(25-29-42)64(76)77)47(36-16-10-7-11-17-36)62-53(68)37-18-12-8-13-19-37)31-61(73)52(85-54(69)38-20-14-9-15-21-38)50-59(6,51(67)48(79-34(2)65)46(33)58(61,4)5)44(30-45-60(50,32-78-45)86-35(3)66)83-56(71)80-41-26-22-39(23-27-41)63(74)75/h7-29,43-45,47-50,52,73H,30-32H2,1-6H3,(H,62,68)/t43?,44-,45+,47-,48+,49+,50-,52-,59+,60-,61+/m0/s1. The minimum Gasteiger partial charge on any atom is -0.455 e. The lowest BCUT2D eigenvalue weighted by Gasteiger charge is -2.67. The van der Waals surface area contributed by atoms with E-state index in [0.29, 0.717) is 0 Å². The van der Waals surface area contributed by atoms with Crippen LogP contribution in [0.25, 0.3) is 0 Å². The zero-order valence-electron chi connectivity index (χ0n) is 46.9. The highest BCUT2D eigenvalue weighted by Crippen LogP contribution is 2.65. The van der Waals surface area contributed by atoms with Crippen LogP contribution in [-0.4, -0.2) is 117 Å². The molecule has 25 nitrogen and oxygen atoms in total. The molecule has 5 aromatic carbocycles. The number of benzene rings is 5. The van der Waals surface area contributed by atoms with Gasteiger partial charge in [-0.25, -0.2) is 19.2 Å². The average Bonchev–Trinajstić information content (AvgIpc) is 0.676. The fraction of sp³-hybridized carbons (Fsp3) is 0.344. The lowest BCUT2D eigenvalue weighted by atomic mass is 9.44. The fourth-order valence-electron chi connectivity index (χ4n) is 12.2. The summed E-state index contributed by atoms with van der Waals surface area (Å²) in [5, 5.41) is 39.9. The summed E-state index contributed by atoms with van der Waals surface area (Å²) in [5.74, 6) is -8.67. The van der Waals surface area contributed by atoms with E-state index >= 15 is 9.59 Å². The molecular formula is C61H57N3O22. The lowest BCUT2D eigenvalue weighted by Crippen LogP contribution is -2.82. The van der Waals surface area contributed by atoms with Crippen LogP contribution in [0.15, 0.2) is 151 Å². The number of nitro groups is 2. The largest absolute Gasteiger partial charge is 0.514 e. The van der Waals surface area contributed by atoms with E-state index in [2.05, 4.69) is 5.32 Å². The molecule has 86 heavy (non-hydrogen) atoms. The van der Waals surface area contributed by atoms with Crippen molar-refractivity contribution in [1.82, 2.24) is 5.32 Å². The molecule has 0 aromatic heterocycles. The number of rotatable bonds is 16. The van der Waals surface area contributed by atoms with E-state index in [1.807, 2.05) is 0 Å². The Bertz CT molecular complexity index is 3520. The number of non-ortho nitro benzene ring substituents is 2. The van der Waals surface area contributed by atoms with Crippen molar-refractivity contribution in [3.63, 3.8) is 0 Å². The van der Waals surface area contributed by atoms with E-state index in [1.54, 1.807) is 42.5 Å². The zero-order chi connectivity index (χ0) is 62.0. The van der Waals surface area contributed by atoms with Gasteiger partial charge in [0.25, 0.3) is 17.3 Å². The third-order valence-electron chi connectivity index (χ3n) is 16.4. The first kappa shape index (κ1) is 60.7. The van der Waals surface area contributed by atoms with E-state index < -0.39 is 148 Å². The highest BCUT2D eigenvalue weighted by Gasteiger charge is 2.79. The third kappa shape index (κ3) is 11.6. The van der Waals surface area contributed by atoms with Crippen LogP contribution in [0.5, 0.6) is 11.5 Å². The Labute approximate surface area is 489 Å². The van der Waals surface area contributed by atoms with E-state index in [4.69, 9.17) is 42.6 Å². The van der Waals surface area contributed by atoms with E-state index in [-0.39, 0.29) is 50.7 Å². The number of Topliss-reactive ketones (excluding diaryl/α,β-unsaturated/α-hetero) is 1. The first-order valence-corrected chi connectivity index (χ1v) is 26.9. The van der Waals surface area contributed by atoms with E-state index in [9.17, 15) is 54.1 Å².